The van der Waals surface area contributed by atoms with Crippen LogP contribution in [0, 0.1) is 11.7 Å². The molecular formula is C24H28FN3O5. The lowest BCUT2D eigenvalue weighted by atomic mass is 10.0. The number of carbonyl (C=O) groups is 3. The van der Waals surface area contributed by atoms with Crippen LogP contribution >= 0.6 is 0 Å². The van der Waals surface area contributed by atoms with Crippen molar-refractivity contribution in [3.63, 3.8) is 0 Å². The number of halogens is 1. The van der Waals surface area contributed by atoms with Crippen molar-refractivity contribution in [2.75, 3.05) is 6.61 Å². The monoisotopic (exact) mass is 457 g/mol. The summed E-state index contributed by atoms with van der Waals surface area (Å²) in [4.78, 5) is 36.5. The molecule has 0 aliphatic rings. The van der Waals surface area contributed by atoms with Crippen LogP contribution in [0.3, 0.4) is 0 Å². The van der Waals surface area contributed by atoms with Crippen LogP contribution in [0.25, 0.3) is 0 Å². The van der Waals surface area contributed by atoms with E-state index in [1.807, 2.05) is 0 Å². The van der Waals surface area contributed by atoms with E-state index < -0.39 is 35.7 Å². The van der Waals surface area contributed by atoms with Crippen LogP contribution in [0.1, 0.15) is 43.6 Å². The zero-order valence-corrected chi connectivity index (χ0v) is 19.0. The molecule has 2 amide bonds. The number of rotatable bonds is 10. The second kappa shape index (κ2) is 12.3. The molecule has 0 saturated heterocycles. The molecule has 2 aromatic carbocycles. The third-order valence-corrected chi connectivity index (χ3v) is 4.54. The van der Waals surface area contributed by atoms with Crippen molar-refractivity contribution in [3.8, 4) is 5.75 Å². The summed E-state index contributed by atoms with van der Waals surface area (Å²) in [5.41, 5.74) is 3.35. The number of hydrogen-bond donors (Lipinski definition) is 2. The Morgan fingerprint density at radius 2 is 1.67 bits per heavy atom. The lowest BCUT2D eigenvalue weighted by Gasteiger charge is -2.20. The van der Waals surface area contributed by atoms with Gasteiger partial charge in [-0.1, -0.05) is 13.8 Å². The number of hydrazone groups is 1. The molecule has 0 radical (unpaired) electrons. The van der Waals surface area contributed by atoms with Crippen LogP contribution in [-0.2, 0) is 14.3 Å². The van der Waals surface area contributed by atoms with Crippen LogP contribution < -0.4 is 15.5 Å². The van der Waals surface area contributed by atoms with Crippen molar-refractivity contribution < 1.29 is 28.2 Å². The summed E-state index contributed by atoms with van der Waals surface area (Å²) in [7, 11) is 0. The van der Waals surface area contributed by atoms with Crippen molar-refractivity contribution >= 4 is 24.0 Å². The number of ether oxygens (including phenoxy) is 2. The van der Waals surface area contributed by atoms with Crippen molar-refractivity contribution in [2.24, 2.45) is 11.0 Å². The van der Waals surface area contributed by atoms with Crippen molar-refractivity contribution in [3.05, 3.63) is 65.5 Å². The molecule has 0 bridgehead atoms. The summed E-state index contributed by atoms with van der Waals surface area (Å²) in [6, 6.07) is 11.0. The highest BCUT2D eigenvalue weighted by Crippen LogP contribution is 2.14. The van der Waals surface area contributed by atoms with E-state index >= 15 is 0 Å². The first-order valence-electron chi connectivity index (χ1n) is 10.5. The summed E-state index contributed by atoms with van der Waals surface area (Å²) in [5.74, 6) is -1.59. The number of carbonyl (C=O) groups excluding carboxylic acids is 3. The largest absolute Gasteiger partial charge is 0.479 e. The summed E-state index contributed by atoms with van der Waals surface area (Å²) < 4.78 is 23.5. The molecule has 8 nitrogen and oxygen atoms in total. The molecule has 0 aliphatic heterocycles. The van der Waals surface area contributed by atoms with Gasteiger partial charge in [0.05, 0.1) is 12.8 Å². The van der Waals surface area contributed by atoms with Crippen LogP contribution in [0.15, 0.2) is 53.6 Å². The van der Waals surface area contributed by atoms with Gasteiger partial charge in [-0.3, -0.25) is 9.59 Å². The number of benzene rings is 2. The lowest BCUT2D eigenvalue weighted by Crippen LogP contribution is -2.48. The third kappa shape index (κ3) is 8.03. The van der Waals surface area contributed by atoms with Crippen LogP contribution in [0.2, 0.25) is 0 Å². The SMILES string of the molecule is CCOC(=O)C(C)Oc1ccc(C=NNC(=O)C(NC(=O)c2ccc(F)cc2)C(C)C)cc1. The average molecular weight is 458 g/mol. The Balaban J connectivity index is 1.92. The molecule has 0 spiro atoms. The summed E-state index contributed by atoms with van der Waals surface area (Å²) in [6.07, 6.45) is 0.706. The van der Waals surface area contributed by atoms with E-state index in [0.29, 0.717) is 11.3 Å². The van der Waals surface area contributed by atoms with Gasteiger partial charge >= 0.3 is 5.97 Å². The highest BCUT2D eigenvalue weighted by atomic mass is 19.1. The van der Waals surface area contributed by atoms with Gasteiger partial charge in [0.2, 0.25) is 0 Å². The Morgan fingerprint density at radius 1 is 1.03 bits per heavy atom. The number of hydrogen-bond acceptors (Lipinski definition) is 6. The Kier molecular flexibility index (Phi) is 9.53. The van der Waals surface area contributed by atoms with Gasteiger partial charge in [0.15, 0.2) is 6.10 Å². The van der Waals surface area contributed by atoms with E-state index in [-0.39, 0.29) is 18.1 Å². The van der Waals surface area contributed by atoms with Gasteiger partial charge in [-0.15, -0.1) is 0 Å². The second-order valence-electron chi connectivity index (χ2n) is 7.52. The number of nitrogens with one attached hydrogen (secondary N) is 2. The molecule has 0 aliphatic carbocycles. The zero-order valence-electron chi connectivity index (χ0n) is 19.0. The fourth-order valence-electron chi connectivity index (χ4n) is 2.75. The van der Waals surface area contributed by atoms with Crippen molar-refractivity contribution in [1.82, 2.24) is 10.7 Å². The molecule has 2 aromatic rings. The molecule has 2 N–H and O–H groups in total. The molecule has 2 atom stereocenters. The molecule has 2 rings (SSSR count). The zero-order chi connectivity index (χ0) is 24.4. The van der Waals surface area contributed by atoms with E-state index in [2.05, 4.69) is 15.8 Å². The molecule has 0 aromatic heterocycles. The molecule has 0 fully saturated rings. The number of nitrogens with zero attached hydrogens (tertiary/aromatic N) is 1. The minimum Gasteiger partial charge on any atom is -0.479 e. The smallest absolute Gasteiger partial charge is 0.347 e. The highest BCUT2D eigenvalue weighted by molar-refractivity contribution is 5.97. The Bertz CT molecular complexity index is 975. The Labute approximate surface area is 192 Å². The van der Waals surface area contributed by atoms with E-state index in [0.717, 1.165) is 0 Å². The predicted octanol–water partition coefficient (Wildman–Crippen LogP) is 3.06. The van der Waals surface area contributed by atoms with Gasteiger partial charge < -0.3 is 14.8 Å². The Morgan fingerprint density at radius 3 is 2.24 bits per heavy atom. The maximum absolute atomic E-state index is 13.0. The van der Waals surface area contributed by atoms with E-state index in [9.17, 15) is 18.8 Å². The minimum atomic E-state index is -0.833. The fraction of sp³-hybridized carbons (Fsp3) is 0.333. The maximum Gasteiger partial charge on any atom is 0.347 e. The Hall–Kier alpha value is -3.75. The predicted molar refractivity (Wildman–Crippen MR) is 121 cm³/mol. The standard InChI is InChI=1S/C24H28FN3O5/c1-5-32-24(31)16(4)33-20-12-6-17(7-13-20)14-26-28-23(30)21(15(2)3)27-22(29)18-8-10-19(25)11-9-18/h6-16,21H,5H2,1-4H3,(H,27,29)(H,28,30). The molecule has 9 heteroatoms. The number of amides is 2. The average Bonchev–Trinajstić information content (AvgIpc) is 2.78. The highest BCUT2D eigenvalue weighted by Gasteiger charge is 2.24. The van der Waals surface area contributed by atoms with Crippen LogP contribution in [0.4, 0.5) is 4.39 Å². The van der Waals surface area contributed by atoms with Gasteiger partial charge in [0, 0.05) is 5.56 Å². The molecule has 2 unspecified atom stereocenters. The maximum atomic E-state index is 13.0. The van der Waals surface area contributed by atoms with E-state index in [1.165, 1.54) is 30.5 Å². The van der Waals surface area contributed by atoms with E-state index in [1.54, 1.807) is 52.0 Å². The summed E-state index contributed by atoms with van der Waals surface area (Å²) in [5, 5.41) is 6.58. The van der Waals surface area contributed by atoms with Crippen LogP contribution in [0.5, 0.6) is 5.75 Å². The fourth-order valence-corrected chi connectivity index (χ4v) is 2.75. The van der Waals surface area contributed by atoms with Crippen molar-refractivity contribution in [1.29, 1.82) is 0 Å². The van der Waals surface area contributed by atoms with Gasteiger partial charge in [-0.25, -0.2) is 14.6 Å². The third-order valence-electron chi connectivity index (χ3n) is 4.54. The van der Waals surface area contributed by atoms with Gasteiger partial charge in [0.1, 0.15) is 17.6 Å². The molecule has 0 heterocycles. The van der Waals surface area contributed by atoms with E-state index in [4.69, 9.17) is 9.47 Å². The first-order chi connectivity index (χ1) is 15.7. The molecule has 176 valence electrons. The summed E-state index contributed by atoms with van der Waals surface area (Å²) in [6.45, 7) is 7.17. The normalized spacial score (nSPS) is 12.8. The quantitative estimate of drug-likeness (QED) is 0.324. The topological polar surface area (TPSA) is 106 Å². The van der Waals surface area contributed by atoms with Crippen LogP contribution in [-0.4, -0.2) is 42.8 Å². The first-order valence-corrected chi connectivity index (χ1v) is 10.5. The number of esters is 1. The lowest BCUT2D eigenvalue weighted by molar-refractivity contribution is -0.150. The second-order valence-corrected chi connectivity index (χ2v) is 7.52. The van der Waals surface area contributed by atoms with Gasteiger partial charge in [-0.05, 0) is 73.9 Å². The summed E-state index contributed by atoms with van der Waals surface area (Å²) >= 11 is 0. The van der Waals surface area contributed by atoms with Gasteiger partial charge in [0.25, 0.3) is 11.8 Å². The molecule has 33 heavy (non-hydrogen) atoms. The first kappa shape index (κ1) is 25.5. The minimum absolute atomic E-state index is 0.206. The van der Waals surface area contributed by atoms with Gasteiger partial charge in [-0.2, -0.15) is 5.10 Å². The molecular weight excluding hydrogens is 429 g/mol. The van der Waals surface area contributed by atoms with Crippen molar-refractivity contribution in [2.45, 2.75) is 39.8 Å². The molecule has 0 saturated carbocycles.